The second-order valence-corrected chi connectivity index (χ2v) is 4.80. The van der Waals surface area contributed by atoms with Crippen LogP contribution in [0.3, 0.4) is 0 Å². The number of benzene rings is 1. The number of hydrogen-bond donors (Lipinski definition) is 4. The van der Waals surface area contributed by atoms with Crippen molar-refractivity contribution >= 4 is 23.0 Å². The zero-order valence-corrected chi connectivity index (χ0v) is 12.6. The van der Waals surface area contributed by atoms with Gasteiger partial charge in [-0.25, -0.2) is 4.79 Å². The molecule has 0 bridgehead atoms. The van der Waals surface area contributed by atoms with Crippen LogP contribution in [0.5, 0.6) is 5.88 Å². The molecule has 4 N–H and O–H groups in total. The van der Waals surface area contributed by atoms with Crippen LogP contribution < -0.4 is 16.6 Å². The highest BCUT2D eigenvalue weighted by atomic mass is 19.4. The number of rotatable bonds is 3. The third kappa shape index (κ3) is 4.13. The molecule has 1 aromatic heterocycles. The summed E-state index contributed by atoms with van der Waals surface area (Å²) in [5, 5.41) is 11.3. The van der Waals surface area contributed by atoms with Crippen LogP contribution in [0.25, 0.3) is 0 Å². The van der Waals surface area contributed by atoms with E-state index in [-0.39, 0.29) is 22.6 Å². The smallest absolute Gasteiger partial charge is 0.471 e. The molecular formula is C14H11F3N4O4. The van der Waals surface area contributed by atoms with E-state index in [4.69, 9.17) is 0 Å². The Balaban J connectivity index is 2.47. The molecule has 0 spiro atoms. The normalized spacial score (nSPS) is 12.1. The number of aromatic hydroxyl groups is 1. The third-order valence-corrected chi connectivity index (χ3v) is 2.98. The third-order valence-electron chi connectivity index (χ3n) is 2.98. The Labute approximate surface area is 137 Å². The minimum absolute atomic E-state index is 0.0809. The molecule has 0 fully saturated rings. The Morgan fingerprint density at radius 1 is 1.20 bits per heavy atom. The van der Waals surface area contributed by atoms with E-state index in [9.17, 15) is 32.7 Å². The Morgan fingerprint density at radius 3 is 2.44 bits per heavy atom. The molecule has 0 aliphatic rings. The van der Waals surface area contributed by atoms with Gasteiger partial charge in [-0.05, 0) is 19.1 Å². The van der Waals surface area contributed by atoms with Gasteiger partial charge in [-0.1, -0.05) is 12.1 Å². The van der Waals surface area contributed by atoms with E-state index >= 15 is 0 Å². The molecule has 0 aliphatic heterocycles. The number of hydrogen-bond acceptors (Lipinski definition) is 5. The van der Waals surface area contributed by atoms with E-state index in [1.54, 1.807) is 5.32 Å². The number of nitrogens with zero attached hydrogens (tertiary/aromatic N) is 1. The molecule has 0 atom stereocenters. The summed E-state index contributed by atoms with van der Waals surface area (Å²) in [6, 6.07) is 5.32. The maximum absolute atomic E-state index is 12.4. The van der Waals surface area contributed by atoms with Crippen LogP contribution in [-0.4, -0.2) is 32.9 Å². The number of halogens is 3. The largest absolute Gasteiger partial charge is 0.494 e. The Bertz CT molecular complexity index is 960. The predicted octanol–water partition coefficient (Wildman–Crippen LogP) is 1.41. The molecule has 1 amide bonds. The molecule has 0 aliphatic carbocycles. The molecule has 8 nitrogen and oxygen atoms in total. The quantitative estimate of drug-likeness (QED) is 0.620. The van der Waals surface area contributed by atoms with Gasteiger partial charge in [0, 0.05) is 0 Å². The standard InChI is InChI=1S/C14H11F3N4O4/c1-6(9-10(22)20-13(25)21-11(9)23)18-7-4-2-3-5-8(7)19-12(24)14(15,16)17/h2-5H,1H3,(H,19,24)(H3,20,21,22,23,25). The highest BCUT2D eigenvalue weighted by Gasteiger charge is 2.38. The highest BCUT2D eigenvalue weighted by molar-refractivity contribution is 6.03. The van der Waals surface area contributed by atoms with Gasteiger partial charge >= 0.3 is 17.8 Å². The average Bonchev–Trinajstić information content (AvgIpc) is 2.47. The number of H-pyrrole nitrogens is 2. The monoisotopic (exact) mass is 356 g/mol. The van der Waals surface area contributed by atoms with Crippen LogP contribution in [0.2, 0.25) is 0 Å². The zero-order chi connectivity index (χ0) is 18.8. The molecule has 2 aromatic rings. The van der Waals surface area contributed by atoms with E-state index < -0.39 is 29.2 Å². The second kappa shape index (κ2) is 6.63. The number of nitrogens with one attached hydrogen (secondary N) is 3. The summed E-state index contributed by atoms with van der Waals surface area (Å²) in [6.45, 7) is 1.30. The summed E-state index contributed by atoms with van der Waals surface area (Å²) in [5.41, 5.74) is -2.65. The van der Waals surface area contributed by atoms with E-state index in [0.717, 1.165) is 0 Å². The van der Waals surface area contributed by atoms with E-state index in [0.29, 0.717) is 0 Å². The molecule has 132 valence electrons. The molecule has 1 aromatic carbocycles. The fourth-order valence-electron chi connectivity index (χ4n) is 1.92. The van der Waals surface area contributed by atoms with Crippen molar-refractivity contribution < 1.29 is 23.1 Å². The minimum Gasteiger partial charge on any atom is -0.494 e. The minimum atomic E-state index is -5.08. The van der Waals surface area contributed by atoms with Gasteiger partial charge in [-0.15, -0.1) is 0 Å². The lowest BCUT2D eigenvalue weighted by Crippen LogP contribution is -2.30. The van der Waals surface area contributed by atoms with Crippen molar-refractivity contribution in [1.82, 2.24) is 9.97 Å². The molecule has 11 heteroatoms. The van der Waals surface area contributed by atoms with Crippen LogP contribution in [0.1, 0.15) is 12.5 Å². The predicted molar refractivity (Wildman–Crippen MR) is 82.3 cm³/mol. The van der Waals surface area contributed by atoms with Crippen LogP contribution in [0.15, 0.2) is 38.8 Å². The lowest BCUT2D eigenvalue weighted by Gasteiger charge is -2.10. The lowest BCUT2D eigenvalue weighted by molar-refractivity contribution is -0.167. The van der Waals surface area contributed by atoms with E-state index in [1.165, 1.54) is 31.2 Å². The fourth-order valence-corrected chi connectivity index (χ4v) is 1.92. The van der Waals surface area contributed by atoms with Gasteiger partial charge in [0.25, 0.3) is 5.56 Å². The first kappa shape index (κ1) is 18.0. The summed E-state index contributed by atoms with van der Waals surface area (Å²) in [6.07, 6.45) is -5.08. The van der Waals surface area contributed by atoms with Gasteiger partial charge in [-0.2, -0.15) is 13.2 Å². The number of aromatic amines is 2. The fraction of sp³-hybridized carbons (Fsp3) is 0.143. The van der Waals surface area contributed by atoms with Crippen LogP contribution in [0.4, 0.5) is 24.5 Å². The number of carbonyl (C=O) groups excluding carboxylic acids is 1. The lowest BCUT2D eigenvalue weighted by atomic mass is 10.2. The summed E-state index contributed by atoms with van der Waals surface area (Å²) < 4.78 is 37.1. The summed E-state index contributed by atoms with van der Waals surface area (Å²) in [4.78, 5) is 41.7. The molecule has 0 unspecified atom stereocenters. The number of carbonyl (C=O) groups is 1. The number of alkyl halides is 3. The van der Waals surface area contributed by atoms with Crippen molar-refractivity contribution in [1.29, 1.82) is 0 Å². The van der Waals surface area contributed by atoms with Gasteiger partial charge in [0.2, 0.25) is 5.88 Å². The Kier molecular flexibility index (Phi) is 4.77. The molecule has 0 saturated heterocycles. The van der Waals surface area contributed by atoms with Gasteiger partial charge in [0.15, 0.2) is 0 Å². The summed E-state index contributed by atoms with van der Waals surface area (Å²) in [5.74, 6) is -2.93. The number of aromatic nitrogens is 2. The molecule has 0 radical (unpaired) electrons. The number of aliphatic imine (C=N–C) groups is 1. The first-order valence-electron chi connectivity index (χ1n) is 6.68. The van der Waals surface area contributed by atoms with Gasteiger partial charge < -0.3 is 10.4 Å². The van der Waals surface area contributed by atoms with Crippen LogP contribution >= 0.6 is 0 Å². The summed E-state index contributed by atoms with van der Waals surface area (Å²) in [7, 11) is 0. The van der Waals surface area contributed by atoms with Crippen molar-refractivity contribution in [2.75, 3.05) is 5.32 Å². The highest BCUT2D eigenvalue weighted by Crippen LogP contribution is 2.27. The Hall–Kier alpha value is -3.37. The number of anilines is 1. The van der Waals surface area contributed by atoms with E-state index in [1.807, 2.05) is 9.97 Å². The molecular weight excluding hydrogens is 345 g/mol. The van der Waals surface area contributed by atoms with Crippen LogP contribution in [-0.2, 0) is 4.79 Å². The van der Waals surface area contributed by atoms with Crippen molar-refractivity contribution in [2.45, 2.75) is 13.1 Å². The molecule has 0 saturated carbocycles. The Morgan fingerprint density at radius 2 is 1.84 bits per heavy atom. The molecule has 2 rings (SSSR count). The van der Waals surface area contributed by atoms with Crippen molar-refractivity contribution in [3.63, 3.8) is 0 Å². The topological polar surface area (TPSA) is 127 Å². The van der Waals surface area contributed by atoms with Crippen molar-refractivity contribution in [3.8, 4) is 5.88 Å². The first-order chi connectivity index (χ1) is 11.6. The van der Waals surface area contributed by atoms with Gasteiger partial charge in [0.1, 0.15) is 5.56 Å². The number of amides is 1. The van der Waals surface area contributed by atoms with Gasteiger partial charge in [-0.3, -0.25) is 24.5 Å². The first-order valence-corrected chi connectivity index (χ1v) is 6.68. The van der Waals surface area contributed by atoms with Crippen molar-refractivity contribution in [2.24, 2.45) is 4.99 Å². The van der Waals surface area contributed by atoms with Crippen LogP contribution in [0, 0.1) is 0 Å². The SMILES string of the molecule is CC(=Nc1ccccc1NC(=O)C(F)(F)F)c1c(O)[nH]c(=O)[nH]c1=O. The zero-order valence-electron chi connectivity index (χ0n) is 12.6. The second-order valence-electron chi connectivity index (χ2n) is 4.80. The molecule has 25 heavy (non-hydrogen) atoms. The van der Waals surface area contributed by atoms with E-state index in [2.05, 4.69) is 4.99 Å². The van der Waals surface area contributed by atoms with Crippen molar-refractivity contribution in [3.05, 3.63) is 50.7 Å². The maximum atomic E-state index is 12.4. The molecule has 1 heterocycles. The van der Waals surface area contributed by atoms with Gasteiger partial charge in [0.05, 0.1) is 17.1 Å². The maximum Gasteiger partial charge on any atom is 0.471 e. The summed E-state index contributed by atoms with van der Waals surface area (Å²) >= 11 is 0. The average molecular weight is 356 g/mol. The number of para-hydroxylation sites is 2.